The highest BCUT2D eigenvalue weighted by Gasteiger charge is 2.20. The number of aliphatic carboxylic acids is 1. The Labute approximate surface area is 92.5 Å². The van der Waals surface area contributed by atoms with Gasteiger partial charge in [-0.3, -0.25) is 4.79 Å². The van der Waals surface area contributed by atoms with E-state index in [0.717, 1.165) is 0 Å². The molecule has 0 aliphatic rings. The number of aliphatic hydroxyl groups is 1. The van der Waals surface area contributed by atoms with Crippen molar-refractivity contribution in [2.24, 2.45) is 0 Å². The molecule has 0 saturated carbocycles. The Morgan fingerprint density at radius 2 is 2.06 bits per heavy atom. The topological polar surface area (TPSA) is 101 Å². The highest BCUT2D eigenvalue weighted by molar-refractivity contribution is 5.80. The Morgan fingerprint density at radius 1 is 1.44 bits per heavy atom. The number of anilines is 1. The lowest BCUT2D eigenvalue weighted by molar-refractivity contribution is -0.147. The van der Waals surface area contributed by atoms with E-state index < -0.39 is 12.1 Å². The molecule has 5 nitrogen and oxygen atoms in total. The maximum absolute atomic E-state index is 11.0. The molecule has 0 aliphatic carbocycles. The van der Waals surface area contributed by atoms with Crippen LogP contribution in [0.3, 0.4) is 0 Å². The number of ketones is 1. The van der Waals surface area contributed by atoms with Gasteiger partial charge < -0.3 is 15.9 Å². The van der Waals surface area contributed by atoms with Crippen molar-refractivity contribution in [2.75, 3.05) is 5.73 Å². The number of carbonyl (C=O) groups is 2. The first-order valence-electron chi connectivity index (χ1n) is 4.70. The quantitative estimate of drug-likeness (QED) is 0.646. The fourth-order valence-electron chi connectivity index (χ4n) is 1.43. The van der Waals surface area contributed by atoms with E-state index in [-0.39, 0.29) is 17.8 Å². The number of Topliss-reactive ketones (excluding diaryl/α,β-unsaturated/α-hetero) is 1. The minimum Gasteiger partial charge on any atom is -0.479 e. The van der Waals surface area contributed by atoms with Gasteiger partial charge in [0.15, 0.2) is 6.10 Å². The SMILES string of the molecule is CC(=O)Cc1ccc(N)cc1C(O)C(=O)O. The van der Waals surface area contributed by atoms with E-state index in [1.165, 1.54) is 13.0 Å². The summed E-state index contributed by atoms with van der Waals surface area (Å²) in [6.45, 7) is 1.40. The molecule has 0 fully saturated rings. The first kappa shape index (κ1) is 12.2. The van der Waals surface area contributed by atoms with Gasteiger partial charge in [-0.05, 0) is 30.2 Å². The van der Waals surface area contributed by atoms with E-state index in [1.54, 1.807) is 12.1 Å². The summed E-state index contributed by atoms with van der Waals surface area (Å²) < 4.78 is 0. The zero-order valence-corrected chi connectivity index (χ0v) is 8.80. The molecule has 1 unspecified atom stereocenters. The molecule has 1 aromatic rings. The third kappa shape index (κ3) is 2.80. The van der Waals surface area contributed by atoms with E-state index >= 15 is 0 Å². The van der Waals surface area contributed by atoms with Crippen molar-refractivity contribution in [1.29, 1.82) is 0 Å². The van der Waals surface area contributed by atoms with Gasteiger partial charge in [-0.1, -0.05) is 6.07 Å². The third-order valence-corrected chi connectivity index (χ3v) is 2.14. The maximum atomic E-state index is 11.0. The van der Waals surface area contributed by atoms with Crippen molar-refractivity contribution in [2.45, 2.75) is 19.4 Å². The van der Waals surface area contributed by atoms with Crippen molar-refractivity contribution in [3.8, 4) is 0 Å². The predicted molar refractivity (Wildman–Crippen MR) is 57.8 cm³/mol. The number of carboxylic acid groups (broad SMARTS) is 1. The monoisotopic (exact) mass is 223 g/mol. The Morgan fingerprint density at radius 3 is 2.56 bits per heavy atom. The lowest BCUT2D eigenvalue weighted by atomic mass is 9.98. The second-order valence-electron chi connectivity index (χ2n) is 3.58. The van der Waals surface area contributed by atoms with Gasteiger partial charge >= 0.3 is 5.97 Å². The minimum atomic E-state index is -1.65. The molecular formula is C11H13NO4. The highest BCUT2D eigenvalue weighted by atomic mass is 16.4. The number of aliphatic hydroxyl groups excluding tert-OH is 1. The van der Waals surface area contributed by atoms with Crippen LogP contribution in [0.1, 0.15) is 24.2 Å². The second-order valence-corrected chi connectivity index (χ2v) is 3.58. The summed E-state index contributed by atoms with van der Waals surface area (Å²) >= 11 is 0. The average Bonchev–Trinajstić information content (AvgIpc) is 2.18. The van der Waals surface area contributed by atoms with E-state index in [2.05, 4.69) is 0 Å². The number of nitrogens with two attached hydrogens (primary N) is 1. The molecule has 16 heavy (non-hydrogen) atoms. The number of benzene rings is 1. The maximum Gasteiger partial charge on any atom is 0.337 e. The van der Waals surface area contributed by atoms with Crippen LogP contribution in [0.2, 0.25) is 0 Å². The normalized spacial score (nSPS) is 12.1. The molecular weight excluding hydrogens is 210 g/mol. The van der Waals surface area contributed by atoms with Crippen molar-refractivity contribution >= 4 is 17.4 Å². The minimum absolute atomic E-state index is 0.0833. The van der Waals surface area contributed by atoms with Crippen molar-refractivity contribution in [3.63, 3.8) is 0 Å². The van der Waals surface area contributed by atoms with E-state index in [1.807, 2.05) is 0 Å². The standard InChI is InChI=1S/C11H13NO4/c1-6(13)4-7-2-3-8(12)5-9(7)10(14)11(15)16/h2-3,5,10,14H,4,12H2,1H3,(H,15,16). The Kier molecular flexibility index (Phi) is 3.63. The number of hydrogen-bond acceptors (Lipinski definition) is 4. The average molecular weight is 223 g/mol. The summed E-state index contributed by atoms with van der Waals surface area (Å²) in [5.74, 6) is -1.47. The van der Waals surface area contributed by atoms with Crippen LogP contribution in [-0.2, 0) is 16.0 Å². The summed E-state index contributed by atoms with van der Waals surface area (Å²) in [5.41, 5.74) is 6.51. The highest BCUT2D eigenvalue weighted by Crippen LogP contribution is 2.22. The van der Waals surface area contributed by atoms with Crippen LogP contribution in [0, 0.1) is 0 Å². The van der Waals surface area contributed by atoms with Gasteiger partial charge in [0.1, 0.15) is 5.78 Å². The lowest BCUT2D eigenvalue weighted by Crippen LogP contribution is -2.14. The largest absolute Gasteiger partial charge is 0.479 e. The predicted octanol–water partition coefficient (Wildman–Crippen LogP) is 0.518. The van der Waals surface area contributed by atoms with Crippen LogP contribution in [-0.4, -0.2) is 22.0 Å². The summed E-state index contributed by atoms with van der Waals surface area (Å²) in [7, 11) is 0. The Hall–Kier alpha value is -1.88. The van der Waals surface area contributed by atoms with Crippen molar-refractivity contribution in [1.82, 2.24) is 0 Å². The summed E-state index contributed by atoms with van der Waals surface area (Å²) in [4.78, 5) is 21.7. The van der Waals surface area contributed by atoms with Gasteiger partial charge in [0.05, 0.1) is 0 Å². The van der Waals surface area contributed by atoms with Crippen LogP contribution in [0.25, 0.3) is 0 Å². The van der Waals surface area contributed by atoms with E-state index in [0.29, 0.717) is 11.3 Å². The van der Waals surface area contributed by atoms with Crippen LogP contribution in [0.15, 0.2) is 18.2 Å². The molecule has 86 valence electrons. The molecule has 1 aromatic carbocycles. The van der Waals surface area contributed by atoms with Crippen LogP contribution < -0.4 is 5.73 Å². The van der Waals surface area contributed by atoms with Gasteiger partial charge in [-0.2, -0.15) is 0 Å². The first-order chi connectivity index (χ1) is 7.41. The molecule has 0 amide bonds. The van der Waals surface area contributed by atoms with Crippen LogP contribution >= 0.6 is 0 Å². The first-order valence-corrected chi connectivity index (χ1v) is 4.70. The Balaban J connectivity index is 3.17. The molecule has 0 heterocycles. The molecule has 0 aliphatic heterocycles. The number of carbonyl (C=O) groups excluding carboxylic acids is 1. The van der Waals surface area contributed by atoms with Crippen molar-refractivity contribution in [3.05, 3.63) is 29.3 Å². The van der Waals surface area contributed by atoms with E-state index in [4.69, 9.17) is 10.8 Å². The third-order valence-electron chi connectivity index (χ3n) is 2.14. The van der Waals surface area contributed by atoms with Gasteiger partial charge in [0.25, 0.3) is 0 Å². The molecule has 5 heteroatoms. The molecule has 4 N–H and O–H groups in total. The smallest absolute Gasteiger partial charge is 0.337 e. The van der Waals surface area contributed by atoms with Crippen LogP contribution in [0.4, 0.5) is 5.69 Å². The molecule has 0 bridgehead atoms. The molecule has 0 saturated heterocycles. The fraction of sp³-hybridized carbons (Fsp3) is 0.273. The number of nitrogen functional groups attached to an aromatic ring is 1. The Bertz CT molecular complexity index is 428. The molecule has 0 radical (unpaired) electrons. The molecule has 1 rings (SSSR count). The molecule has 0 aromatic heterocycles. The summed E-state index contributed by atoms with van der Waals surface area (Å²) in [6.07, 6.45) is -1.57. The summed E-state index contributed by atoms with van der Waals surface area (Å²) in [6, 6.07) is 4.49. The van der Waals surface area contributed by atoms with Crippen molar-refractivity contribution < 1.29 is 19.8 Å². The fourth-order valence-corrected chi connectivity index (χ4v) is 1.43. The second kappa shape index (κ2) is 4.76. The van der Waals surface area contributed by atoms with Crippen LogP contribution in [0.5, 0.6) is 0 Å². The zero-order valence-electron chi connectivity index (χ0n) is 8.80. The molecule has 1 atom stereocenters. The number of hydrogen-bond donors (Lipinski definition) is 3. The zero-order chi connectivity index (χ0) is 12.3. The van der Waals surface area contributed by atoms with E-state index in [9.17, 15) is 14.7 Å². The number of carboxylic acids is 1. The van der Waals surface area contributed by atoms with Gasteiger partial charge in [-0.15, -0.1) is 0 Å². The molecule has 0 spiro atoms. The van der Waals surface area contributed by atoms with Gasteiger partial charge in [0, 0.05) is 12.1 Å². The van der Waals surface area contributed by atoms with Gasteiger partial charge in [0.2, 0.25) is 0 Å². The summed E-state index contributed by atoms with van der Waals surface area (Å²) in [5, 5.41) is 18.2. The number of rotatable bonds is 4. The van der Waals surface area contributed by atoms with Gasteiger partial charge in [-0.25, -0.2) is 4.79 Å². The lowest BCUT2D eigenvalue weighted by Gasteiger charge is -2.12.